The molecule has 0 fully saturated rings. The summed E-state index contributed by atoms with van der Waals surface area (Å²) in [5.41, 5.74) is 3.17. The average molecular weight is 523 g/mol. The third kappa shape index (κ3) is 5.78. The lowest BCUT2D eigenvalue weighted by molar-refractivity contribution is -0.0146. The number of benzene rings is 3. The van der Waals surface area contributed by atoms with Crippen LogP contribution < -0.4 is 0 Å². The maximum atomic E-state index is 13.9. The lowest BCUT2D eigenvalue weighted by atomic mass is 9.94. The maximum absolute atomic E-state index is 13.9. The van der Waals surface area contributed by atoms with Crippen molar-refractivity contribution in [1.29, 1.82) is 0 Å². The Labute approximate surface area is 219 Å². The molecule has 1 N–H and O–H groups in total. The minimum atomic E-state index is -3.72. The molecule has 0 bridgehead atoms. The molecule has 37 heavy (non-hydrogen) atoms. The minimum Gasteiger partial charge on any atom is -0.394 e. The first kappa shape index (κ1) is 27.0. The van der Waals surface area contributed by atoms with Crippen LogP contribution in [-0.2, 0) is 21.4 Å². The largest absolute Gasteiger partial charge is 0.394 e. The molecule has 0 aromatic heterocycles. The predicted octanol–water partition coefficient (Wildman–Crippen LogP) is 4.03. The van der Waals surface area contributed by atoms with Gasteiger partial charge in [-0.2, -0.15) is 4.31 Å². The summed E-state index contributed by atoms with van der Waals surface area (Å²) in [7, 11) is -2.17. The number of rotatable bonds is 6. The van der Waals surface area contributed by atoms with E-state index in [1.807, 2.05) is 62.4 Å². The fourth-order valence-corrected chi connectivity index (χ4v) is 5.88. The highest BCUT2D eigenvalue weighted by atomic mass is 32.2. The van der Waals surface area contributed by atoms with Gasteiger partial charge in [-0.05, 0) is 41.8 Å². The van der Waals surface area contributed by atoms with Crippen molar-refractivity contribution in [3.05, 3.63) is 90.0 Å². The molecule has 1 heterocycles. The maximum Gasteiger partial charge on any atom is 0.254 e. The predicted molar refractivity (Wildman–Crippen MR) is 143 cm³/mol. The number of carbonyl (C=O) groups is 1. The summed E-state index contributed by atoms with van der Waals surface area (Å²) >= 11 is 0. The molecule has 1 aliphatic heterocycles. The second-order valence-corrected chi connectivity index (χ2v) is 11.7. The summed E-state index contributed by atoms with van der Waals surface area (Å²) in [5, 5.41) is 9.97. The molecule has 3 aromatic rings. The van der Waals surface area contributed by atoms with Gasteiger partial charge in [0.2, 0.25) is 10.0 Å². The van der Waals surface area contributed by atoms with Crippen LogP contribution in [0.3, 0.4) is 0 Å². The van der Waals surface area contributed by atoms with Crippen molar-refractivity contribution < 1.29 is 23.1 Å². The lowest BCUT2D eigenvalue weighted by Gasteiger charge is -2.35. The molecular formula is C29H34N2O5S. The minimum absolute atomic E-state index is 0.114. The van der Waals surface area contributed by atoms with Gasteiger partial charge in [0.1, 0.15) is 0 Å². The number of hydrogen-bond acceptors (Lipinski definition) is 5. The van der Waals surface area contributed by atoms with Crippen LogP contribution in [-0.4, -0.2) is 67.5 Å². The van der Waals surface area contributed by atoms with Crippen molar-refractivity contribution in [3.63, 3.8) is 0 Å². The van der Waals surface area contributed by atoms with Crippen molar-refractivity contribution in [2.45, 2.75) is 37.5 Å². The standard InChI is InChI=1S/C29H34N2O5S/c1-21-17-31(22(2)19-32)29(33)27-16-10-9-15-26(27)25-14-8-7-11-23(25)20-36-28(21)18-30(3)37(34,35)24-12-5-4-6-13-24/h4-16,21-22,28,32H,17-20H2,1-3H3/t21-,22+,28+/m0/s1. The van der Waals surface area contributed by atoms with E-state index in [4.69, 9.17) is 4.74 Å². The summed E-state index contributed by atoms with van der Waals surface area (Å²) in [4.78, 5) is 15.7. The summed E-state index contributed by atoms with van der Waals surface area (Å²) in [5.74, 6) is -0.395. The van der Waals surface area contributed by atoms with E-state index in [-0.39, 0.29) is 36.5 Å². The number of amides is 1. The van der Waals surface area contributed by atoms with Gasteiger partial charge in [-0.15, -0.1) is 0 Å². The van der Waals surface area contributed by atoms with E-state index in [9.17, 15) is 18.3 Å². The molecule has 0 aliphatic carbocycles. The van der Waals surface area contributed by atoms with Crippen LogP contribution in [0.2, 0.25) is 0 Å². The van der Waals surface area contributed by atoms with Crippen LogP contribution in [0.15, 0.2) is 83.8 Å². The average Bonchev–Trinajstić information content (AvgIpc) is 2.94. The Kier molecular flexibility index (Phi) is 8.44. The zero-order chi connectivity index (χ0) is 26.6. The highest BCUT2D eigenvalue weighted by Crippen LogP contribution is 2.31. The number of likely N-dealkylation sites (N-methyl/N-ethyl adjacent to an activating group) is 1. The first-order valence-corrected chi connectivity index (χ1v) is 13.9. The van der Waals surface area contributed by atoms with Crippen LogP contribution in [0.4, 0.5) is 0 Å². The zero-order valence-electron chi connectivity index (χ0n) is 21.4. The second-order valence-electron chi connectivity index (χ2n) is 9.62. The number of fused-ring (bicyclic) bond motifs is 3. The molecule has 0 radical (unpaired) electrons. The molecule has 0 saturated carbocycles. The lowest BCUT2D eigenvalue weighted by Crippen LogP contribution is -2.47. The van der Waals surface area contributed by atoms with Crippen LogP contribution in [0.5, 0.6) is 0 Å². The van der Waals surface area contributed by atoms with Gasteiger partial charge < -0.3 is 14.7 Å². The van der Waals surface area contributed by atoms with Crippen molar-refractivity contribution in [3.8, 4) is 11.1 Å². The van der Waals surface area contributed by atoms with Crippen molar-refractivity contribution in [2.75, 3.05) is 26.7 Å². The van der Waals surface area contributed by atoms with E-state index in [2.05, 4.69) is 0 Å². The Bertz CT molecular complexity index is 1330. The third-order valence-electron chi connectivity index (χ3n) is 6.98. The topological polar surface area (TPSA) is 87.2 Å². The number of nitrogens with zero attached hydrogens (tertiary/aromatic N) is 2. The Hall–Kier alpha value is -3.04. The van der Waals surface area contributed by atoms with E-state index in [1.165, 1.54) is 4.31 Å². The van der Waals surface area contributed by atoms with E-state index >= 15 is 0 Å². The van der Waals surface area contributed by atoms with Gasteiger partial charge in [0.25, 0.3) is 5.91 Å². The molecule has 1 amide bonds. The van der Waals surface area contributed by atoms with Crippen molar-refractivity contribution >= 4 is 15.9 Å². The molecule has 1 aliphatic rings. The van der Waals surface area contributed by atoms with Crippen LogP contribution in [0.25, 0.3) is 11.1 Å². The molecule has 3 atom stereocenters. The van der Waals surface area contributed by atoms with Crippen molar-refractivity contribution in [1.82, 2.24) is 9.21 Å². The molecule has 0 spiro atoms. The van der Waals surface area contributed by atoms with E-state index in [0.717, 1.165) is 16.7 Å². The highest BCUT2D eigenvalue weighted by molar-refractivity contribution is 7.89. The van der Waals surface area contributed by atoms with Crippen LogP contribution >= 0.6 is 0 Å². The number of carbonyl (C=O) groups excluding carboxylic acids is 1. The number of sulfonamides is 1. The first-order chi connectivity index (χ1) is 17.7. The quantitative estimate of drug-likeness (QED) is 0.528. The summed E-state index contributed by atoms with van der Waals surface area (Å²) in [6.45, 7) is 4.25. The van der Waals surface area contributed by atoms with E-state index < -0.39 is 22.2 Å². The Morgan fingerprint density at radius 3 is 2.24 bits per heavy atom. The van der Waals surface area contributed by atoms with Gasteiger partial charge in [-0.25, -0.2) is 8.42 Å². The van der Waals surface area contributed by atoms with Gasteiger partial charge in [-0.1, -0.05) is 67.6 Å². The number of aliphatic hydroxyl groups excluding tert-OH is 1. The molecule has 3 aromatic carbocycles. The fourth-order valence-electron chi connectivity index (χ4n) is 4.68. The molecule has 0 unspecified atom stereocenters. The normalized spacial score (nSPS) is 19.6. The zero-order valence-corrected chi connectivity index (χ0v) is 22.3. The molecule has 196 valence electrons. The van der Waals surface area contributed by atoms with Gasteiger partial charge in [-0.3, -0.25) is 4.79 Å². The SMILES string of the molecule is C[C@H](CO)N1C[C@H](C)[C@@H](CN(C)S(=O)(=O)c2ccccc2)OCc2ccccc2-c2ccccc2C1=O. The Balaban J connectivity index is 1.74. The van der Waals surface area contributed by atoms with Gasteiger partial charge in [0, 0.05) is 31.6 Å². The number of ether oxygens (including phenoxy) is 1. The van der Waals surface area contributed by atoms with Crippen LogP contribution in [0, 0.1) is 5.92 Å². The molecule has 7 nitrogen and oxygen atoms in total. The second kappa shape index (κ2) is 11.6. The van der Waals surface area contributed by atoms with E-state index in [0.29, 0.717) is 12.1 Å². The molecule has 4 rings (SSSR count). The molecular weight excluding hydrogens is 488 g/mol. The summed E-state index contributed by atoms with van der Waals surface area (Å²) in [6, 6.07) is 23.2. The highest BCUT2D eigenvalue weighted by Gasteiger charge is 2.32. The van der Waals surface area contributed by atoms with Gasteiger partial charge >= 0.3 is 0 Å². The fraction of sp³-hybridized carbons (Fsp3) is 0.345. The van der Waals surface area contributed by atoms with E-state index in [1.54, 1.807) is 42.3 Å². The number of hydrogen-bond donors (Lipinski definition) is 1. The number of aliphatic hydroxyl groups is 1. The Morgan fingerprint density at radius 2 is 1.57 bits per heavy atom. The van der Waals surface area contributed by atoms with Gasteiger partial charge in [0.15, 0.2) is 0 Å². The summed E-state index contributed by atoms with van der Waals surface area (Å²) in [6.07, 6.45) is -0.501. The monoisotopic (exact) mass is 522 g/mol. The van der Waals surface area contributed by atoms with Crippen LogP contribution in [0.1, 0.15) is 29.8 Å². The van der Waals surface area contributed by atoms with Crippen molar-refractivity contribution in [2.24, 2.45) is 5.92 Å². The smallest absolute Gasteiger partial charge is 0.254 e. The molecule has 0 saturated heterocycles. The summed E-state index contributed by atoms with van der Waals surface area (Å²) < 4.78 is 34.2. The van der Waals surface area contributed by atoms with Gasteiger partial charge in [0.05, 0.1) is 30.3 Å². The third-order valence-corrected chi connectivity index (χ3v) is 8.82. The first-order valence-electron chi connectivity index (χ1n) is 12.5. The molecule has 8 heteroatoms. The Morgan fingerprint density at radius 1 is 0.973 bits per heavy atom.